The van der Waals surface area contributed by atoms with Crippen LogP contribution in [0.4, 0.5) is 0 Å². The van der Waals surface area contributed by atoms with Gasteiger partial charge in [0.1, 0.15) is 6.04 Å². The molecule has 23 heavy (non-hydrogen) atoms. The van der Waals surface area contributed by atoms with Gasteiger partial charge in [-0.1, -0.05) is 25.1 Å². The zero-order valence-corrected chi connectivity index (χ0v) is 14.4. The lowest BCUT2D eigenvalue weighted by Crippen LogP contribution is -2.47. The normalized spacial score (nSPS) is 16.7. The standard InChI is InChI=1S/C17H25N3O2.ClH/c1-2-10-18-11-12-19-16(21)15-9-6-13-20(15)17(22)14-7-4-3-5-8-14;/h3-5,7-8,15,18H,2,6,9-13H2,1H3,(H,19,21);1H. The van der Waals surface area contributed by atoms with Gasteiger partial charge in [0.15, 0.2) is 0 Å². The molecule has 0 spiro atoms. The Hall–Kier alpha value is -1.59. The SMILES string of the molecule is CCCNCCNC(=O)C1CCCN1C(=O)c1ccccc1.Cl. The van der Waals surface area contributed by atoms with Gasteiger partial charge in [-0.2, -0.15) is 0 Å². The number of hydrogen-bond donors (Lipinski definition) is 2. The average molecular weight is 340 g/mol. The first-order chi connectivity index (χ1) is 10.7. The van der Waals surface area contributed by atoms with E-state index in [1.54, 1.807) is 17.0 Å². The smallest absolute Gasteiger partial charge is 0.254 e. The van der Waals surface area contributed by atoms with E-state index in [-0.39, 0.29) is 30.3 Å². The summed E-state index contributed by atoms with van der Waals surface area (Å²) in [5, 5.41) is 6.17. The van der Waals surface area contributed by atoms with Gasteiger partial charge in [0.2, 0.25) is 5.91 Å². The Morgan fingerprint density at radius 3 is 2.61 bits per heavy atom. The highest BCUT2D eigenvalue weighted by Crippen LogP contribution is 2.20. The summed E-state index contributed by atoms with van der Waals surface area (Å²) in [5.41, 5.74) is 0.645. The molecule has 0 saturated carbocycles. The summed E-state index contributed by atoms with van der Waals surface area (Å²) in [4.78, 5) is 26.5. The summed E-state index contributed by atoms with van der Waals surface area (Å²) in [6.07, 6.45) is 2.70. The molecule has 1 fully saturated rings. The van der Waals surface area contributed by atoms with Crippen LogP contribution in [0.5, 0.6) is 0 Å². The maximum absolute atomic E-state index is 12.5. The second kappa shape index (κ2) is 10.2. The van der Waals surface area contributed by atoms with Gasteiger partial charge >= 0.3 is 0 Å². The van der Waals surface area contributed by atoms with Crippen molar-refractivity contribution in [3.8, 4) is 0 Å². The van der Waals surface area contributed by atoms with Crippen LogP contribution in [-0.4, -0.2) is 48.9 Å². The van der Waals surface area contributed by atoms with Gasteiger partial charge in [-0.3, -0.25) is 9.59 Å². The van der Waals surface area contributed by atoms with E-state index in [1.165, 1.54) is 0 Å². The van der Waals surface area contributed by atoms with Crippen LogP contribution in [0.25, 0.3) is 0 Å². The fraction of sp³-hybridized carbons (Fsp3) is 0.529. The minimum absolute atomic E-state index is 0. The predicted molar refractivity (Wildman–Crippen MR) is 93.9 cm³/mol. The number of carbonyl (C=O) groups excluding carboxylic acids is 2. The number of hydrogen-bond acceptors (Lipinski definition) is 3. The first-order valence-corrected chi connectivity index (χ1v) is 8.08. The van der Waals surface area contributed by atoms with E-state index in [9.17, 15) is 9.59 Å². The molecular weight excluding hydrogens is 314 g/mol. The maximum Gasteiger partial charge on any atom is 0.254 e. The van der Waals surface area contributed by atoms with E-state index >= 15 is 0 Å². The third-order valence-corrected chi connectivity index (χ3v) is 3.86. The molecule has 1 aromatic carbocycles. The molecule has 6 heteroatoms. The molecule has 2 rings (SSSR count). The molecule has 0 aromatic heterocycles. The Morgan fingerprint density at radius 2 is 1.91 bits per heavy atom. The molecule has 2 N–H and O–H groups in total. The number of amides is 2. The topological polar surface area (TPSA) is 61.4 Å². The molecule has 1 aliphatic heterocycles. The molecular formula is C17H26ClN3O2. The zero-order chi connectivity index (χ0) is 15.8. The zero-order valence-electron chi connectivity index (χ0n) is 13.6. The number of likely N-dealkylation sites (tertiary alicyclic amines) is 1. The molecule has 1 saturated heterocycles. The van der Waals surface area contributed by atoms with Gasteiger partial charge in [0.25, 0.3) is 5.91 Å². The highest BCUT2D eigenvalue weighted by molar-refractivity contribution is 5.97. The number of carbonyl (C=O) groups is 2. The molecule has 5 nitrogen and oxygen atoms in total. The van der Waals surface area contributed by atoms with Gasteiger partial charge in [-0.15, -0.1) is 12.4 Å². The molecule has 128 valence electrons. The van der Waals surface area contributed by atoms with Crippen molar-refractivity contribution in [2.75, 3.05) is 26.2 Å². The molecule has 1 unspecified atom stereocenters. The van der Waals surface area contributed by atoms with Crippen LogP contribution >= 0.6 is 12.4 Å². The Morgan fingerprint density at radius 1 is 1.17 bits per heavy atom. The van der Waals surface area contributed by atoms with E-state index < -0.39 is 0 Å². The Kier molecular flexibility index (Phi) is 8.66. The number of nitrogens with zero attached hydrogens (tertiary/aromatic N) is 1. The van der Waals surface area contributed by atoms with Crippen molar-refractivity contribution in [2.45, 2.75) is 32.2 Å². The van der Waals surface area contributed by atoms with E-state index in [0.717, 1.165) is 32.4 Å². The predicted octanol–water partition coefficient (Wildman–Crippen LogP) is 1.83. The van der Waals surface area contributed by atoms with Gasteiger partial charge in [0.05, 0.1) is 0 Å². The van der Waals surface area contributed by atoms with Crippen LogP contribution in [0.3, 0.4) is 0 Å². The highest BCUT2D eigenvalue weighted by atomic mass is 35.5. The summed E-state index contributed by atoms with van der Waals surface area (Å²) in [6, 6.07) is 8.83. The van der Waals surface area contributed by atoms with Gasteiger partial charge in [-0.05, 0) is 37.9 Å². The molecule has 1 heterocycles. The molecule has 1 aliphatic rings. The first kappa shape index (κ1) is 19.5. The van der Waals surface area contributed by atoms with E-state index in [1.807, 2.05) is 18.2 Å². The van der Waals surface area contributed by atoms with Crippen molar-refractivity contribution >= 4 is 24.2 Å². The van der Waals surface area contributed by atoms with Crippen molar-refractivity contribution in [1.82, 2.24) is 15.5 Å². The second-order valence-electron chi connectivity index (χ2n) is 5.56. The summed E-state index contributed by atoms with van der Waals surface area (Å²) in [5.74, 6) is -0.0950. The quantitative estimate of drug-likeness (QED) is 0.745. The van der Waals surface area contributed by atoms with Crippen LogP contribution in [0.2, 0.25) is 0 Å². The minimum Gasteiger partial charge on any atom is -0.353 e. The van der Waals surface area contributed by atoms with Gasteiger partial charge in [-0.25, -0.2) is 0 Å². The summed E-state index contributed by atoms with van der Waals surface area (Å²) >= 11 is 0. The molecule has 0 radical (unpaired) electrons. The lowest BCUT2D eigenvalue weighted by Gasteiger charge is -2.24. The van der Waals surface area contributed by atoms with Gasteiger partial charge in [0, 0.05) is 25.2 Å². The van der Waals surface area contributed by atoms with Crippen molar-refractivity contribution in [3.05, 3.63) is 35.9 Å². The molecule has 1 aromatic rings. The summed E-state index contributed by atoms with van der Waals surface area (Å²) < 4.78 is 0. The van der Waals surface area contributed by atoms with Crippen molar-refractivity contribution in [3.63, 3.8) is 0 Å². The number of halogens is 1. The first-order valence-electron chi connectivity index (χ1n) is 8.08. The lowest BCUT2D eigenvalue weighted by molar-refractivity contribution is -0.124. The monoisotopic (exact) mass is 339 g/mol. The fourth-order valence-electron chi connectivity index (χ4n) is 2.72. The Bertz CT molecular complexity index is 496. The Balaban J connectivity index is 0.00000264. The fourth-order valence-corrected chi connectivity index (χ4v) is 2.72. The average Bonchev–Trinajstić information content (AvgIpc) is 3.04. The van der Waals surface area contributed by atoms with Crippen LogP contribution in [-0.2, 0) is 4.79 Å². The van der Waals surface area contributed by atoms with E-state index in [2.05, 4.69) is 17.6 Å². The molecule has 0 bridgehead atoms. The van der Waals surface area contributed by atoms with Crippen molar-refractivity contribution in [2.24, 2.45) is 0 Å². The lowest BCUT2D eigenvalue weighted by atomic mass is 10.1. The number of nitrogens with one attached hydrogen (secondary N) is 2. The minimum atomic E-state index is -0.334. The van der Waals surface area contributed by atoms with Crippen LogP contribution in [0, 0.1) is 0 Å². The van der Waals surface area contributed by atoms with Crippen LogP contribution in [0.15, 0.2) is 30.3 Å². The Labute approximate surface area is 144 Å². The van der Waals surface area contributed by atoms with Crippen molar-refractivity contribution in [1.29, 1.82) is 0 Å². The molecule has 1 atom stereocenters. The molecule has 2 amide bonds. The third kappa shape index (κ3) is 5.52. The van der Waals surface area contributed by atoms with Crippen molar-refractivity contribution < 1.29 is 9.59 Å². The maximum atomic E-state index is 12.5. The summed E-state index contributed by atoms with van der Waals surface area (Å²) in [6.45, 7) is 5.08. The number of benzene rings is 1. The van der Waals surface area contributed by atoms with Crippen LogP contribution in [0.1, 0.15) is 36.5 Å². The second-order valence-corrected chi connectivity index (χ2v) is 5.56. The highest BCUT2D eigenvalue weighted by Gasteiger charge is 2.34. The van der Waals surface area contributed by atoms with Gasteiger partial charge < -0.3 is 15.5 Å². The van der Waals surface area contributed by atoms with E-state index in [4.69, 9.17) is 0 Å². The molecule has 0 aliphatic carbocycles. The number of rotatable bonds is 7. The van der Waals surface area contributed by atoms with Crippen LogP contribution < -0.4 is 10.6 Å². The third-order valence-electron chi connectivity index (χ3n) is 3.86. The summed E-state index contributed by atoms with van der Waals surface area (Å²) in [7, 11) is 0. The van der Waals surface area contributed by atoms with E-state index in [0.29, 0.717) is 18.7 Å². The largest absolute Gasteiger partial charge is 0.353 e.